The van der Waals surface area contributed by atoms with Crippen molar-refractivity contribution in [3.63, 3.8) is 0 Å². The van der Waals surface area contributed by atoms with Gasteiger partial charge in [0.15, 0.2) is 0 Å². The van der Waals surface area contributed by atoms with Crippen LogP contribution in [0.2, 0.25) is 0 Å². The molecular weight excluding hydrogens is 198 g/mol. The quantitative estimate of drug-likeness (QED) is 0.594. The van der Waals surface area contributed by atoms with E-state index in [0.29, 0.717) is 6.54 Å². The van der Waals surface area contributed by atoms with E-state index in [-0.39, 0.29) is 24.9 Å². The summed E-state index contributed by atoms with van der Waals surface area (Å²) >= 11 is 0. The molecule has 1 amide bonds. The van der Waals surface area contributed by atoms with Crippen LogP contribution < -0.4 is 5.32 Å². The first-order chi connectivity index (χ1) is 6.79. The van der Waals surface area contributed by atoms with Gasteiger partial charge in [-0.3, -0.25) is 9.59 Å². The fraction of sp³-hybridized carbons (Fsp3) is 0.800. The van der Waals surface area contributed by atoms with E-state index in [1.54, 1.807) is 6.92 Å². The van der Waals surface area contributed by atoms with Gasteiger partial charge in [-0.25, -0.2) is 0 Å². The minimum absolute atomic E-state index is 0.00258. The highest BCUT2D eigenvalue weighted by Crippen LogP contribution is 2.19. The Bertz CT molecular complexity index is 238. The summed E-state index contributed by atoms with van der Waals surface area (Å²) in [6.07, 6.45) is -0.0551. The summed E-state index contributed by atoms with van der Waals surface area (Å²) < 4.78 is 0. The number of carboxylic acids is 1. The number of carbonyl (C=O) groups excluding carboxylic acids is 1. The van der Waals surface area contributed by atoms with Gasteiger partial charge in [-0.2, -0.15) is 0 Å². The zero-order valence-electron chi connectivity index (χ0n) is 9.41. The fourth-order valence-electron chi connectivity index (χ4n) is 0.892. The van der Waals surface area contributed by atoms with Gasteiger partial charge in [0.05, 0.1) is 5.41 Å². The van der Waals surface area contributed by atoms with Gasteiger partial charge < -0.3 is 15.5 Å². The first-order valence-corrected chi connectivity index (χ1v) is 4.90. The average Bonchev–Trinajstić information content (AvgIpc) is 2.13. The van der Waals surface area contributed by atoms with Gasteiger partial charge in [0.2, 0.25) is 5.91 Å². The van der Waals surface area contributed by atoms with Crippen LogP contribution in [0.15, 0.2) is 0 Å². The molecule has 5 heteroatoms. The first kappa shape index (κ1) is 13.9. The largest absolute Gasteiger partial charge is 0.481 e. The second-order valence-corrected chi connectivity index (χ2v) is 4.46. The highest BCUT2D eigenvalue weighted by molar-refractivity contribution is 5.84. The van der Waals surface area contributed by atoms with E-state index in [9.17, 15) is 9.59 Å². The molecule has 1 unspecified atom stereocenters. The van der Waals surface area contributed by atoms with Crippen LogP contribution >= 0.6 is 0 Å². The number of aliphatic hydroxyl groups is 1. The summed E-state index contributed by atoms with van der Waals surface area (Å²) in [4.78, 5) is 22.1. The third-order valence-corrected chi connectivity index (χ3v) is 2.14. The van der Waals surface area contributed by atoms with Crippen LogP contribution in [0, 0.1) is 11.3 Å². The number of rotatable bonds is 6. The SMILES string of the molecule is CC(CO)CNC(=O)CC(C)(C)C(=O)O. The molecule has 15 heavy (non-hydrogen) atoms. The lowest BCUT2D eigenvalue weighted by Crippen LogP contribution is -2.35. The molecule has 0 aromatic carbocycles. The summed E-state index contributed by atoms with van der Waals surface area (Å²) in [5, 5.41) is 20.1. The first-order valence-electron chi connectivity index (χ1n) is 4.90. The van der Waals surface area contributed by atoms with E-state index >= 15 is 0 Å². The number of aliphatic carboxylic acids is 1. The molecule has 0 rings (SSSR count). The molecule has 0 saturated heterocycles. The molecule has 0 aromatic rings. The van der Waals surface area contributed by atoms with Gasteiger partial charge in [-0.05, 0) is 19.8 Å². The van der Waals surface area contributed by atoms with E-state index in [1.165, 1.54) is 13.8 Å². The van der Waals surface area contributed by atoms with E-state index in [0.717, 1.165) is 0 Å². The molecule has 0 saturated carbocycles. The van der Waals surface area contributed by atoms with Crippen molar-refractivity contribution in [3.05, 3.63) is 0 Å². The lowest BCUT2D eigenvalue weighted by molar-refractivity contribution is -0.149. The topological polar surface area (TPSA) is 86.6 Å². The third kappa shape index (κ3) is 5.37. The molecule has 0 heterocycles. The normalized spacial score (nSPS) is 13.3. The summed E-state index contributed by atoms with van der Waals surface area (Å²) in [6.45, 7) is 5.17. The van der Waals surface area contributed by atoms with Gasteiger partial charge in [-0.1, -0.05) is 6.92 Å². The Morgan fingerprint density at radius 3 is 2.33 bits per heavy atom. The summed E-state index contributed by atoms with van der Waals surface area (Å²) in [5.74, 6) is -1.31. The van der Waals surface area contributed by atoms with E-state index in [4.69, 9.17) is 10.2 Å². The van der Waals surface area contributed by atoms with Crippen molar-refractivity contribution >= 4 is 11.9 Å². The molecule has 0 bridgehead atoms. The zero-order chi connectivity index (χ0) is 12.1. The molecular formula is C10H19NO4. The molecule has 0 fully saturated rings. The maximum absolute atomic E-state index is 11.3. The van der Waals surface area contributed by atoms with Crippen molar-refractivity contribution in [1.29, 1.82) is 0 Å². The molecule has 5 nitrogen and oxygen atoms in total. The molecule has 1 atom stereocenters. The molecule has 3 N–H and O–H groups in total. The average molecular weight is 217 g/mol. The predicted octanol–water partition coefficient (Wildman–Crippen LogP) is 0.232. The van der Waals surface area contributed by atoms with Crippen molar-refractivity contribution in [1.82, 2.24) is 5.32 Å². The van der Waals surface area contributed by atoms with Gasteiger partial charge in [0.25, 0.3) is 0 Å². The highest BCUT2D eigenvalue weighted by Gasteiger charge is 2.29. The van der Waals surface area contributed by atoms with Crippen LogP contribution in [0.1, 0.15) is 27.2 Å². The lowest BCUT2D eigenvalue weighted by atomic mass is 9.89. The molecule has 0 spiro atoms. The second-order valence-electron chi connectivity index (χ2n) is 4.46. The smallest absolute Gasteiger partial charge is 0.309 e. The maximum atomic E-state index is 11.3. The Kier molecular flexibility index (Phi) is 5.28. The molecule has 0 aliphatic heterocycles. The zero-order valence-corrected chi connectivity index (χ0v) is 9.41. The predicted molar refractivity (Wildman–Crippen MR) is 55.3 cm³/mol. The lowest BCUT2D eigenvalue weighted by Gasteiger charge is -2.18. The van der Waals surface area contributed by atoms with Crippen LogP contribution in [-0.4, -0.2) is 35.2 Å². The molecule has 0 aromatic heterocycles. The monoisotopic (exact) mass is 217 g/mol. The molecule has 88 valence electrons. The number of hydrogen-bond donors (Lipinski definition) is 3. The number of aliphatic hydroxyl groups excluding tert-OH is 1. The number of amides is 1. The highest BCUT2D eigenvalue weighted by atomic mass is 16.4. The van der Waals surface area contributed by atoms with E-state index in [1.807, 2.05) is 0 Å². The van der Waals surface area contributed by atoms with Crippen molar-refractivity contribution in [2.45, 2.75) is 27.2 Å². The molecule has 0 aliphatic carbocycles. The Hall–Kier alpha value is -1.10. The van der Waals surface area contributed by atoms with Gasteiger partial charge in [-0.15, -0.1) is 0 Å². The van der Waals surface area contributed by atoms with E-state index in [2.05, 4.69) is 5.32 Å². The van der Waals surface area contributed by atoms with Gasteiger partial charge >= 0.3 is 5.97 Å². The standard InChI is InChI=1S/C10H19NO4/c1-7(6-12)5-11-8(13)4-10(2,3)9(14)15/h7,12H,4-6H2,1-3H3,(H,11,13)(H,14,15). The summed E-state index contributed by atoms with van der Waals surface area (Å²) in [7, 11) is 0. The Morgan fingerprint density at radius 1 is 1.40 bits per heavy atom. The summed E-state index contributed by atoms with van der Waals surface area (Å²) in [5.41, 5.74) is -1.05. The number of hydrogen-bond acceptors (Lipinski definition) is 3. The number of carboxylic acid groups (broad SMARTS) is 1. The maximum Gasteiger partial charge on any atom is 0.309 e. The Balaban J connectivity index is 3.99. The number of carbonyl (C=O) groups is 2. The van der Waals surface area contributed by atoms with Gasteiger partial charge in [0.1, 0.15) is 0 Å². The molecule has 0 radical (unpaired) electrons. The van der Waals surface area contributed by atoms with Crippen LogP contribution in [-0.2, 0) is 9.59 Å². The van der Waals surface area contributed by atoms with Crippen molar-refractivity contribution < 1.29 is 19.8 Å². The van der Waals surface area contributed by atoms with Gasteiger partial charge in [0, 0.05) is 19.6 Å². The Labute approximate surface area is 89.5 Å². The minimum atomic E-state index is -1.05. The van der Waals surface area contributed by atoms with Crippen molar-refractivity contribution in [2.24, 2.45) is 11.3 Å². The van der Waals surface area contributed by atoms with Crippen LogP contribution in [0.3, 0.4) is 0 Å². The van der Waals surface area contributed by atoms with Crippen LogP contribution in [0.25, 0.3) is 0 Å². The second kappa shape index (κ2) is 5.70. The van der Waals surface area contributed by atoms with Crippen LogP contribution in [0.4, 0.5) is 0 Å². The van der Waals surface area contributed by atoms with E-state index < -0.39 is 11.4 Å². The number of nitrogens with one attached hydrogen (secondary N) is 1. The fourth-order valence-corrected chi connectivity index (χ4v) is 0.892. The third-order valence-electron chi connectivity index (χ3n) is 2.14. The minimum Gasteiger partial charge on any atom is -0.481 e. The Morgan fingerprint density at radius 2 is 1.93 bits per heavy atom. The van der Waals surface area contributed by atoms with Crippen LogP contribution in [0.5, 0.6) is 0 Å². The molecule has 0 aliphatic rings. The van der Waals surface area contributed by atoms with Crippen molar-refractivity contribution in [2.75, 3.05) is 13.2 Å². The van der Waals surface area contributed by atoms with Crippen molar-refractivity contribution in [3.8, 4) is 0 Å². The summed E-state index contributed by atoms with van der Waals surface area (Å²) in [6, 6.07) is 0.